The fourth-order valence-electron chi connectivity index (χ4n) is 3.46. The van der Waals surface area contributed by atoms with Gasteiger partial charge in [0, 0.05) is 10.4 Å². The molecule has 1 unspecified atom stereocenters. The third-order valence-electron chi connectivity index (χ3n) is 4.88. The number of carbonyl (C=O) groups excluding carboxylic acids is 1. The highest BCUT2D eigenvalue weighted by Gasteiger charge is 2.36. The highest BCUT2D eigenvalue weighted by Crippen LogP contribution is 2.46. The second kappa shape index (κ2) is 6.30. The molecule has 0 amide bonds. The van der Waals surface area contributed by atoms with Gasteiger partial charge in [0.05, 0.1) is 5.41 Å². The van der Waals surface area contributed by atoms with Gasteiger partial charge in [-0.25, -0.2) is 0 Å². The summed E-state index contributed by atoms with van der Waals surface area (Å²) in [5, 5.41) is 2.10. The molecule has 1 aliphatic rings. The van der Waals surface area contributed by atoms with Crippen LogP contribution in [0.2, 0.25) is 0 Å². The highest BCUT2D eigenvalue weighted by atomic mass is 32.1. The van der Waals surface area contributed by atoms with Crippen molar-refractivity contribution in [1.29, 1.82) is 0 Å². The van der Waals surface area contributed by atoms with Crippen molar-refractivity contribution in [1.82, 2.24) is 0 Å². The van der Waals surface area contributed by atoms with Crippen molar-refractivity contribution in [3.63, 3.8) is 0 Å². The van der Waals surface area contributed by atoms with Crippen LogP contribution in [-0.4, -0.2) is 5.78 Å². The van der Waals surface area contributed by atoms with Gasteiger partial charge in [-0.1, -0.05) is 72.8 Å². The Labute approximate surface area is 152 Å². The van der Waals surface area contributed by atoms with E-state index < -0.39 is 0 Å². The number of hydrogen-bond acceptors (Lipinski definition) is 2. The lowest BCUT2D eigenvalue weighted by Gasteiger charge is -2.35. The third kappa shape index (κ3) is 2.69. The van der Waals surface area contributed by atoms with E-state index in [4.69, 9.17) is 0 Å². The number of allylic oxidation sites excluding steroid dienone is 3. The van der Waals surface area contributed by atoms with Gasteiger partial charge in [0.1, 0.15) is 0 Å². The van der Waals surface area contributed by atoms with Gasteiger partial charge in [0.25, 0.3) is 0 Å². The van der Waals surface area contributed by atoms with Gasteiger partial charge in [0.2, 0.25) is 0 Å². The zero-order valence-corrected chi connectivity index (χ0v) is 14.8. The summed E-state index contributed by atoms with van der Waals surface area (Å²) in [6.45, 7) is 2.21. The Balaban J connectivity index is 1.88. The number of hydrogen-bond donors (Lipinski definition) is 0. The molecule has 122 valence electrons. The molecule has 0 radical (unpaired) electrons. The molecule has 1 aromatic heterocycles. The van der Waals surface area contributed by atoms with Crippen molar-refractivity contribution >= 4 is 23.2 Å². The zero-order valence-electron chi connectivity index (χ0n) is 14.0. The molecule has 1 heterocycles. The summed E-state index contributed by atoms with van der Waals surface area (Å²) in [4.78, 5) is 14.0. The molecular weight excluding hydrogens is 324 g/mol. The summed E-state index contributed by atoms with van der Waals surface area (Å²) in [6, 6.07) is 22.1. The van der Waals surface area contributed by atoms with Crippen LogP contribution < -0.4 is 0 Å². The summed E-state index contributed by atoms with van der Waals surface area (Å²) in [5.41, 5.74) is 3.89. The highest BCUT2D eigenvalue weighted by molar-refractivity contribution is 7.10. The van der Waals surface area contributed by atoms with E-state index in [9.17, 15) is 4.79 Å². The first kappa shape index (κ1) is 15.8. The number of ketones is 1. The Hall–Kier alpha value is -2.71. The largest absolute Gasteiger partial charge is 0.289 e. The second-order valence-corrected chi connectivity index (χ2v) is 7.30. The minimum atomic E-state index is -0.316. The summed E-state index contributed by atoms with van der Waals surface area (Å²) < 4.78 is 0. The van der Waals surface area contributed by atoms with E-state index >= 15 is 0 Å². The third-order valence-corrected chi connectivity index (χ3v) is 5.97. The van der Waals surface area contributed by atoms with Crippen LogP contribution in [0.4, 0.5) is 0 Å². The monoisotopic (exact) mass is 342 g/mol. The smallest absolute Gasteiger partial charge is 0.186 e. The van der Waals surface area contributed by atoms with Crippen molar-refractivity contribution < 1.29 is 4.79 Å². The Morgan fingerprint density at radius 3 is 2.44 bits per heavy atom. The van der Waals surface area contributed by atoms with Gasteiger partial charge >= 0.3 is 0 Å². The summed E-state index contributed by atoms with van der Waals surface area (Å²) >= 11 is 1.73. The van der Waals surface area contributed by atoms with Gasteiger partial charge in [-0.15, -0.1) is 11.3 Å². The molecule has 2 heteroatoms. The van der Waals surface area contributed by atoms with Crippen LogP contribution in [0.3, 0.4) is 0 Å². The first-order valence-electron chi connectivity index (χ1n) is 8.33. The number of thiophene rings is 1. The van der Waals surface area contributed by atoms with E-state index in [-0.39, 0.29) is 11.2 Å². The molecule has 2 aromatic carbocycles. The SMILES string of the molecule is CC1(c2cccs2)C(=CC(=O)c2ccccc2)C=Cc2ccccc21. The maximum Gasteiger partial charge on any atom is 0.186 e. The Morgan fingerprint density at radius 2 is 1.68 bits per heavy atom. The second-order valence-electron chi connectivity index (χ2n) is 6.35. The standard InChI is InChI=1S/C23H18OS/c1-23(22-12-7-15-25-22)19(14-13-17-8-5-6-11-20(17)23)16-21(24)18-9-3-2-4-10-18/h2-16H,1H3. The first-order chi connectivity index (χ1) is 12.2. The molecular formula is C23H18OS. The first-order valence-corrected chi connectivity index (χ1v) is 9.21. The predicted octanol–water partition coefficient (Wildman–Crippen LogP) is 5.89. The molecule has 25 heavy (non-hydrogen) atoms. The number of fused-ring (bicyclic) bond motifs is 1. The van der Waals surface area contributed by atoms with Crippen LogP contribution in [-0.2, 0) is 5.41 Å². The Kier molecular flexibility index (Phi) is 3.98. The summed E-state index contributed by atoms with van der Waals surface area (Å²) in [7, 11) is 0. The molecule has 0 saturated carbocycles. The van der Waals surface area contributed by atoms with Gasteiger partial charge < -0.3 is 0 Å². The van der Waals surface area contributed by atoms with E-state index in [1.54, 1.807) is 17.4 Å². The number of benzene rings is 2. The lowest BCUT2D eigenvalue weighted by atomic mass is 9.69. The van der Waals surface area contributed by atoms with Crippen LogP contribution in [0, 0.1) is 0 Å². The summed E-state index contributed by atoms with van der Waals surface area (Å²) in [6.07, 6.45) is 5.99. The van der Waals surface area contributed by atoms with Gasteiger partial charge in [-0.05, 0) is 41.1 Å². The topological polar surface area (TPSA) is 17.1 Å². The maximum atomic E-state index is 12.8. The number of rotatable bonds is 3. The average molecular weight is 342 g/mol. The fourth-order valence-corrected chi connectivity index (χ4v) is 4.38. The number of carbonyl (C=O) groups is 1. The zero-order chi connectivity index (χ0) is 17.3. The molecule has 1 aliphatic carbocycles. The van der Waals surface area contributed by atoms with Crippen LogP contribution in [0.25, 0.3) is 6.08 Å². The molecule has 4 rings (SSSR count). The minimum absolute atomic E-state index is 0.0439. The molecule has 0 saturated heterocycles. The van der Waals surface area contributed by atoms with E-state index in [1.807, 2.05) is 30.3 Å². The van der Waals surface area contributed by atoms with Gasteiger partial charge in [-0.2, -0.15) is 0 Å². The molecule has 0 spiro atoms. The van der Waals surface area contributed by atoms with Crippen molar-refractivity contribution in [3.8, 4) is 0 Å². The van der Waals surface area contributed by atoms with Gasteiger partial charge in [-0.3, -0.25) is 4.79 Å². The average Bonchev–Trinajstić information content (AvgIpc) is 3.20. The van der Waals surface area contributed by atoms with Gasteiger partial charge in [0.15, 0.2) is 5.78 Å². The van der Waals surface area contributed by atoms with Crippen molar-refractivity contribution in [2.45, 2.75) is 12.3 Å². The molecule has 0 bridgehead atoms. The van der Waals surface area contributed by atoms with E-state index in [0.717, 1.165) is 11.1 Å². The van der Waals surface area contributed by atoms with Crippen molar-refractivity contribution in [2.24, 2.45) is 0 Å². The normalized spacial score (nSPS) is 20.4. The fraction of sp³-hybridized carbons (Fsp3) is 0.0870. The molecule has 1 atom stereocenters. The molecule has 0 fully saturated rings. The van der Waals surface area contributed by atoms with Crippen molar-refractivity contribution in [3.05, 3.63) is 111 Å². The predicted molar refractivity (Wildman–Crippen MR) is 105 cm³/mol. The van der Waals surface area contributed by atoms with Crippen LogP contribution in [0.15, 0.2) is 89.8 Å². The molecule has 3 aromatic rings. The molecule has 0 aliphatic heterocycles. The van der Waals surface area contributed by atoms with Crippen LogP contribution >= 0.6 is 11.3 Å². The molecule has 1 nitrogen and oxygen atoms in total. The van der Waals surface area contributed by atoms with E-state index in [1.165, 1.54) is 16.0 Å². The lowest BCUT2D eigenvalue weighted by Crippen LogP contribution is -2.28. The van der Waals surface area contributed by atoms with E-state index in [0.29, 0.717) is 0 Å². The van der Waals surface area contributed by atoms with Crippen LogP contribution in [0.1, 0.15) is 33.3 Å². The quantitative estimate of drug-likeness (QED) is 0.428. The Bertz CT molecular complexity index is 964. The Morgan fingerprint density at radius 1 is 0.920 bits per heavy atom. The maximum absolute atomic E-state index is 12.8. The molecule has 0 N–H and O–H groups in total. The van der Waals surface area contributed by atoms with Crippen molar-refractivity contribution in [2.75, 3.05) is 0 Å². The lowest BCUT2D eigenvalue weighted by molar-refractivity contribution is 0.104. The van der Waals surface area contributed by atoms with E-state index in [2.05, 4.69) is 60.9 Å². The minimum Gasteiger partial charge on any atom is -0.289 e. The van der Waals surface area contributed by atoms with Crippen LogP contribution in [0.5, 0.6) is 0 Å². The summed E-state index contributed by atoms with van der Waals surface area (Å²) in [5.74, 6) is 0.0439.